The molecule has 2 saturated heterocycles. The largest absolute Gasteiger partial charge is 0.455 e. The SMILES string of the molecule is CC1(C)CCC(CN2CCN(c3ccc(C(=O)NS(=O)(=O)c4ccc(NC5CCCN(C[C@@H](F)CF)C5)c([N+](=O)[O-])c4)c(Oc4cnc(N)c(Cl)c4)c3)CC2)=C(c2ccc(Cl)cc2)C1. The number of nitrogen functional groups attached to an aromatic ring is 1. The molecule has 3 heterocycles. The number of alkyl halides is 2. The minimum absolute atomic E-state index is 0.00972. The van der Waals surface area contributed by atoms with Crippen molar-refractivity contribution >= 4 is 67.6 Å². The Kier molecular flexibility index (Phi) is 14.6. The summed E-state index contributed by atoms with van der Waals surface area (Å²) in [6, 6.07) is 17.3. The summed E-state index contributed by atoms with van der Waals surface area (Å²) < 4.78 is 62.1. The zero-order valence-corrected chi connectivity index (χ0v) is 38.0. The molecule has 2 aliphatic heterocycles. The molecule has 1 aromatic heterocycles. The van der Waals surface area contributed by atoms with Gasteiger partial charge in [0.2, 0.25) is 0 Å². The molecule has 19 heteroatoms. The third kappa shape index (κ3) is 11.6. The summed E-state index contributed by atoms with van der Waals surface area (Å²) in [5.74, 6) is -0.828. The Morgan fingerprint density at radius 1 is 1.05 bits per heavy atom. The third-order valence-electron chi connectivity index (χ3n) is 12.0. The van der Waals surface area contributed by atoms with Crippen molar-refractivity contribution in [2.75, 3.05) is 75.0 Å². The smallest absolute Gasteiger partial charge is 0.293 e. The molecule has 1 amide bonds. The third-order valence-corrected chi connectivity index (χ3v) is 13.9. The van der Waals surface area contributed by atoms with E-state index >= 15 is 0 Å². The summed E-state index contributed by atoms with van der Waals surface area (Å²) in [5, 5.41) is 16.1. The van der Waals surface area contributed by atoms with Gasteiger partial charge in [0.15, 0.2) is 0 Å². The number of nitrogens with zero attached hydrogens (tertiary/aromatic N) is 5. The maximum atomic E-state index is 13.9. The molecule has 64 heavy (non-hydrogen) atoms. The van der Waals surface area contributed by atoms with Crippen molar-refractivity contribution in [3.8, 4) is 11.5 Å². The number of allylic oxidation sites excluding steroid dienone is 1. The fourth-order valence-electron chi connectivity index (χ4n) is 8.57. The molecule has 0 spiro atoms. The quantitative estimate of drug-likeness (QED) is 0.0765. The van der Waals surface area contributed by atoms with Gasteiger partial charge in [0.05, 0.1) is 26.6 Å². The topological polar surface area (TPSA) is 176 Å². The number of amides is 1. The number of anilines is 3. The Bertz CT molecular complexity index is 2510. The van der Waals surface area contributed by atoms with Gasteiger partial charge >= 0.3 is 0 Å². The van der Waals surface area contributed by atoms with Crippen LogP contribution < -0.4 is 25.4 Å². The summed E-state index contributed by atoms with van der Waals surface area (Å²) in [6.07, 6.45) is 4.06. The summed E-state index contributed by atoms with van der Waals surface area (Å²) in [5.41, 5.74) is 10.1. The fraction of sp³-hybridized carbons (Fsp3) is 0.422. The van der Waals surface area contributed by atoms with Crippen molar-refractivity contribution in [3.63, 3.8) is 0 Å². The molecule has 342 valence electrons. The second kappa shape index (κ2) is 20.0. The molecule has 4 N–H and O–H groups in total. The fourth-order valence-corrected chi connectivity index (χ4v) is 9.84. The zero-order chi connectivity index (χ0) is 45.8. The number of nitrogens with two attached hydrogens (primary N) is 1. The average Bonchev–Trinajstić information content (AvgIpc) is 3.26. The standard InChI is InChI=1S/C45H52Cl2F2N8O6S/c1-45(2)14-13-30(38(23-45)29-5-7-31(46)8-6-29)26-54-16-18-56(19-17-54)34-9-11-37(42(20-34)63-35-21-39(47)43(50)51-25-35)44(58)53-64(61,62)36-10-12-40(41(22-36)57(59)60)52-33-4-3-15-55(28-33)27-32(49)24-48/h5-12,20-22,25,32-33,52H,3-4,13-19,23-24,26-28H2,1-2H3,(H2,50,51)(H,53,58)/t32-,33?/m0/s1. The first-order valence-electron chi connectivity index (χ1n) is 21.2. The first-order chi connectivity index (χ1) is 30.5. The van der Waals surface area contributed by atoms with E-state index in [2.05, 4.69) is 46.1 Å². The number of sulfonamides is 1. The number of nitrogens with one attached hydrogen (secondary N) is 2. The van der Waals surface area contributed by atoms with Crippen LogP contribution in [-0.4, -0.2) is 105 Å². The summed E-state index contributed by atoms with van der Waals surface area (Å²) in [7, 11) is -4.67. The molecule has 3 aliphatic rings. The average molecular weight is 942 g/mol. The number of halogens is 4. The number of hydrogen-bond donors (Lipinski definition) is 3. The number of aromatic nitrogens is 1. The molecule has 0 radical (unpaired) electrons. The van der Waals surface area contributed by atoms with E-state index in [-0.39, 0.29) is 51.6 Å². The lowest BCUT2D eigenvalue weighted by Gasteiger charge is -2.39. The van der Waals surface area contributed by atoms with E-state index in [1.54, 1.807) is 17.0 Å². The van der Waals surface area contributed by atoms with Gasteiger partial charge in [-0.05, 0) is 91.6 Å². The van der Waals surface area contributed by atoms with Crippen LogP contribution in [0, 0.1) is 15.5 Å². The van der Waals surface area contributed by atoms with E-state index in [1.807, 2.05) is 16.9 Å². The second-order valence-electron chi connectivity index (χ2n) is 17.4. The number of ether oxygens (including phenoxy) is 1. The van der Waals surface area contributed by atoms with Crippen LogP contribution in [0.3, 0.4) is 0 Å². The Morgan fingerprint density at radius 3 is 2.50 bits per heavy atom. The molecule has 3 aromatic carbocycles. The monoisotopic (exact) mass is 940 g/mol. The number of nitro benzene ring substituents is 1. The van der Waals surface area contributed by atoms with Gasteiger partial charge in [-0.3, -0.25) is 24.7 Å². The Balaban J connectivity index is 1.08. The van der Waals surface area contributed by atoms with Crippen LogP contribution in [0.25, 0.3) is 5.57 Å². The number of nitro groups is 1. The van der Waals surface area contributed by atoms with Gasteiger partial charge in [0.25, 0.3) is 21.6 Å². The van der Waals surface area contributed by atoms with E-state index < -0.39 is 44.3 Å². The zero-order valence-electron chi connectivity index (χ0n) is 35.7. The summed E-state index contributed by atoms with van der Waals surface area (Å²) in [6.45, 7) is 8.02. The number of likely N-dealkylation sites (tertiary alicyclic amines) is 1. The summed E-state index contributed by atoms with van der Waals surface area (Å²) >= 11 is 12.5. The molecular weight excluding hydrogens is 890 g/mol. The molecule has 1 unspecified atom stereocenters. The predicted octanol–water partition coefficient (Wildman–Crippen LogP) is 8.76. The lowest BCUT2D eigenvalue weighted by atomic mass is 9.72. The molecule has 14 nitrogen and oxygen atoms in total. The first-order valence-corrected chi connectivity index (χ1v) is 23.4. The number of carbonyl (C=O) groups excluding carboxylic acids is 1. The predicted molar refractivity (Wildman–Crippen MR) is 247 cm³/mol. The number of piperidine rings is 1. The van der Waals surface area contributed by atoms with Gasteiger partial charge in [0, 0.05) is 80.8 Å². The van der Waals surface area contributed by atoms with E-state index in [9.17, 15) is 32.1 Å². The van der Waals surface area contributed by atoms with Crippen molar-refractivity contribution < 1.29 is 31.7 Å². The van der Waals surface area contributed by atoms with Crippen molar-refractivity contribution in [2.24, 2.45) is 5.41 Å². The highest BCUT2D eigenvalue weighted by Crippen LogP contribution is 2.43. The maximum Gasteiger partial charge on any atom is 0.293 e. The van der Waals surface area contributed by atoms with E-state index in [4.69, 9.17) is 33.7 Å². The highest BCUT2D eigenvalue weighted by molar-refractivity contribution is 7.90. The van der Waals surface area contributed by atoms with Crippen LogP contribution in [0.2, 0.25) is 10.0 Å². The highest BCUT2D eigenvalue weighted by Gasteiger charge is 2.31. The van der Waals surface area contributed by atoms with Crippen molar-refractivity contribution in [1.82, 2.24) is 19.5 Å². The lowest BCUT2D eigenvalue weighted by Crippen LogP contribution is -2.47. The van der Waals surface area contributed by atoms with Gasteiger partial charge in [-0.15, -0.1) is 0 Å². The minimum Gasteiger partial charge on any atom is -0.455 e. The van der Waals surface area contributed by atoms with Crippen LogP contribution in [-0.2, 0) is 10.0 Å². The number of rotatable bonds is 15. The Labute approximate surface area is 381 Å². The molecule has 4 aromatic rings. The molecular formula is C45H52Cl2F2N8O6S. The Hall–Kier alpha value is -5.07. The highest BCUT2D eigenvalue weighted by atomic mass is 35.5. The molecule has 1 aliphatic carbocycles. The van der Waals surface area contributed by atoms with Crippen LogP contribution in [0.5, 0.6) is 11.5 Å². The number of piperazine rings is 1. The van der Waals surface area contributed by atoms with Crippen LogP contribution in [0.1, 0.15) is 61.9 Å². The number of hydrogen-bond acceptors (Lipinski definition) is 12. The number of pyridine rings is 1. The van der Waals surface area contributed by atoms with E-state index in [0.717, 1.165) is 56.7 Å². The minimum atomic E-state index is -4.67. The van der Waals surface area contributed by atoms with Crippen LogP contribution in [0.15, 0.2) is 83.4 Å². The van der Waals surface area contributed by atoms with E-state index in [1.165, 1.54) is 41.1 Å². The van der Waals surface area contributed by atoms with Gasteiger partial charge in [-0.1, -0.05) is 54.8 Å². The molecule has 0 bridgehead atoms. The lowest BCUT2D eigenvalue weighted by molar-refractivity contribution is -0.384. The van der Waals surface area contributed by atoms with Crippen molar-refractivity contribution in [2.45, 2.75) is 63.1 Å². The van der Waals surface area contributed by atoms with Crippen LogP contribution in [0.4, 0.5) is 31.7 Å². The van der Waals surface area contributed by atoms with Crippen molar-refractivity contribution in [3.05, 3.63) is 110 Å². The van der Waals surface area contributed by atoms with Gasteiger partial charge in [0.1, 0.15) is 35.9 Å². The van der Waals surface area contributed by atoms with Gasteiger partial charge in [-0.25, -0.2) is 26.9 Å². The molecule has 0 saturated carbocycles. The van der Waals surface area contributed by atoms with Crippen LogP contribution >= 0.6 is 23.2 Å². The normalized spacial score (nSPS) is 19.0. The Morgan fingerprint density at radius 2 is 1.80 bits per heavy atom. The molecule has 2 atom stereocenters. The maximum absolute atomic E-state index is 13.9. The molecule has 2 fully saturated rings. The number of carbonyl (C=O) groups is 1. The van der Waals surface area contributed by atoms with Gasteiger partial charge in [-0.2, -0.15) is 0 Å². The van der Waals surface area contributed by atoms with E-state index in [0.29, 0.717) is 44.0 Å². The second-order valence-corrected chi connectivity index (χ2v) is 19.9. The first kappa shape index (κ1) is 46.9. The summed E-state index contributed by atoms with van der Waals surface area (Å²) in [4.78, 5) is 35.2. The molecule has 7 rings (SSSR count). The number of benzene rings is 3. The van der Waals surface area contributed by atoms with Gasteiger partial charge < -0.3 is 20.7 Å². The van der Waals surface area contributed by atoms with Crippen molar-refractivity contribution in [1.29, 1.82) is 0 Å².